The molecule has 0 rings (SSSR count). The summed E-state index contributed by atoms with van der Waals surface area (Å²) < 4.78 is 23.0. The summed E-state index contributed by atoms with van der Waals surface area (Å²) in [5.74, 6) is 0. The van der Waals surface area contributed by atoms with Gasteiger partial charge in [0.05, 0.1) is 0 Å². The van der Waals surface area contributed by atoms with Crippen molar-refractivity contribution >= 4 is 6.08 Å². The molecular weight excluding hydrogens is 116 g/mol. The fraction of sp³-hybridized carbons (Fsp3) is 0.750. The minimum absolute atomic E-state index is 0.00116. The highest BCUT2D eigenvalue weighted by molar-refractivity contribution is 5.24. The maximum atomic E-state index is 11.4. The highest BCUT2D eigenvalue weighted by Gasteiger charge is 2.14. The van der Waals surface area contributed by atoms with Crippen LogP contribution in [0.5, 0.6) is 0 Å². The molecule has 8 heavy (non-hydrogen) atoms. The molecule has 46 valence electrons. The molecule has 2 nitrogen and oxygen atoms in total. The molecule has 0 saturated heterocycles. The third kappa shape index (κ3) is 1.80. The number of hydrogen-bond acceptors (Lipinski definition) is 1. The molecule has 0 aromatic heterocycles. The van der Waals surface area contributed by atoms with Crippen molar-refractivity contribution < 1.29 is 18.2 Å². The van der Waals surface area contributed by atoms with Crippen molar-refractivity contribution in [2.24, 2.45) is 0 Å². The average Bonchev–Trinajstić information content (AvgIpc) is 1.69. The quantitative estimate of drug-likeness (QED) is 0.227. The van der Waals surface area contributed by atoms with E-state index in [0.29, 0.717) is 0 Å². The lowest BCUT2D eigenvalue weighted by atomic mass is 10.7. The summed E-state index contributed by atoms with van der Waals surface area (Å²) >= 11 is 0. The molecule has 0 saturated carbocycles. The molecular formula is C4H6F2NO+. The van der Waals surface area contributed by atoms with E-state index >= 15 is 0 Å². The van der Waals surface area contributed by atoms with Crippen molar-refractivity contribution in [3.8, 4) is 0 Å². The lowest BCUT2D eigenvalue weighted by molar-refractivity contribution is -0.618. The molecule has 0 radical (unpaired) electrons. The van der Waals surface area contributed by atoms with E-state index in [1.165, 1.54) is 6.92 Å². The van der Waals surface area contributed by atoms with Crippen molar-refractivity contribution in [2.45, 2.75) is 13.5 Å². The van der Waals surface area contributed by atoms with Gasteiger partial charge in [-0.3, -0.25) is 0 Å². The predicted octanol–water partition coefficient (Wildman–Crippen LogP) is 0.577. The Kier molecular flexibility index (Phi) is 2.96. The summed E-state index contributed by atoms with van der Waals surface area (Å²) in [4.78, 5) is 9.50. The summed E-state index contributed by atoms with van der Waals surface area (Å²) in [6.07, 6.45) is 1.08. The van der Waals surface area contributed by atoms with Crippen molar-refractivity contribution in [2.75, 3.05) is 6.54 Å². The van der Waals surface area contributed by atoms with Gasteiger partial charge in [-0.25, -0.2) is 0 Å². The van der Waals surface area contributed by atoms with Crippen molar-refractivity contribution in [1.29, 1.82) is 0 Å². The Hall–Kier alpha value is -0.760. The smallest absolute Gasteiger partial charge is 0.159 e. The average molecular weight is 122 g/mol. The molecule has 0 aliphatic carbocycles. The van der Waals surface area contributed by atoms with Gasteiger partial charge in [-0.05, 0) is 6.92 Å². The normalized spacial score (nSPS) is 9.00. The van der Waals surface area contributed by atoms with E-state index in [2.05, 4.69) is 0 Å². The molecule has 4 heteroatoms. The Bertz CT molecular complexity index is 117. The van der Waals surface area contributed by atoms with E-state index in [0.717, 1.165) is 6.08 Å². The van der Waals surface area contributed by atoms with Gasteiger partial charge in [-0.2, -0.15) is 4.79 Å². The zero-order valence-electron chi connectivity index (χ0n) is 4.40. The lowest BCUT2D eigenvalue weighted by Crippen LogP contribution is -2.15. The molecule has 0 aliphatic heterocycles. The number of halogens is 2. The summed E-state index contributed by atoms with van der Waals surface area (Å²) in [6, 6.07) is 0. The number of isocyanates is 1. The molecule has 0 aliphatic rings. The molecule has 0 atom stereocenters. The van der Waals surface area contributed by atoms with Gasteiger partial charge in [0.25, 0.3) is 0 Å². The van der Waals surface area contributed by atoms with Crippen LogP contribution in [0.1, 0.15) is 6.92 Å². The number of carbonyl (C=O) groups excluding carboxylic acids is 1. The topological polar surface area (TPSA) is 20.1 Å². The van der Waals surface area contributed by atoms with Gasteiger partial charge in [-0.1, -0.05) is 4.58 Å². The number of alkyl halides is 2. The van der Waals surface area contributed by atoms with E-state index in [1.54, 1.807) is 0 Å². The fourth-order valence-electron chi connectivity index (χ4n) is 0.242. The van der Waals surface area contributed by atoms with Crippen LogP contribution in [-0.4, -0.2) is 23.7 Å². The van der Waals surface area contributed by atoms with Gasteiger partial charge in [0.2, 0.25) is 0 Å². The monoisotopic (exact) mass is 122 g/mol. The van der Waals surface area contributed by atoms with Crippen LogP contribution in [0.3, 0.4) is 0 Å². The van der Waals surface area contributed by atoms with E-state index < -0.39 is 6.55 Å². The largest absolute Gasteiger partial charge is 0.456 e. The van der Waals surface area contributed by atoms with E-state index in [9.17, 15) is 13.6 Å². The molecule has 0 amide bonds. The number of hydrogen-bond donors (Lipinski definition) is 0. The summed E-state index contributed by atoms with van der Waals surface area (Å²) in [7, 11) is 0. The first-order valence-corrected chi connectivity index (χ1v) is 2.15. The first kappa shape index (κ1) is 7.24. The van der Waals surface area contributed by atoms with Gasteiger partial charge in [0, 0.05) is 0 Å². The Morgan fingerprint density at radius 1 is 1.75 bits per heavy atom. The van der Waals surface area contributed by atoms with Gasteiger partial charge in [0.1, 0.15) is 0 Å². The van der Waals surface area contributed by atoms with Gasteiger partial charge >= 0.3 is 12.6 Å². The SMILES string of the molecule is CC[N+](=C=O)C(F)F. The third-order valence-electron chi connectivity index (χ3n) is 0.694. The molecule has 0 unspecified atom stereocenters. The second-order valence-corrected chi connectivity index (χ2v) is 1.15. The van der Waals surface area contributed by atoms with Gasteiger partial charge in [0.15, 0.2) is 6.54 Å². The van der Waals surface area contributed by atoms with Crippen molar-refractivity contribution in [3.63, 3.8) is 0 Å². The third-order valence-corrected chi connectivity index (χ3v) is 0.694. The maximum absolute atomic E-state index is 11.4. The first-order chi connectivity index (χ1) is 3.72. The minimum atomic E-state index is -2.71. The van der Waals surface area contributed by atoms with Crippen LogP contribution in [0.4, 0.5) is 8.78 Å². The Morgan fingerprint density at radius 2 is 2.25 bits per heavy atom. The van der Waals surface area contributed by atoms with Crippen LogP contribution in [0.2, 0.25) is 0 Å². The Morgan fingerprint density at radius 3 is 2.25 bits per heavy atom. The predicted molar refractivity (Wildman–Crippen MR) is 22.5 cm³/mol. The molecule has 0 spiro atoms. The molecule has 0 bridgehead atoms. The maximum Gasteiger partial charge on any atom is 0.456 e. The lowest BCUT2D eigenvalue weighted by Gasteiger charge is -1.87. The number of nitrogens with zero attached hydrogens (tertiary/aromatic N) is 1. The van der Waals surface area contributed by atoms with E-state index in [-0.39, 0.29) is 11.1 Å². The first-order valence-electron chi connectivity index (χ1n) is 2.15. The van der Waals surface area contributed by atoms with Crippen LogP contribution in [-0.2, 0) is 4.79 Å². The molecule has 0 N–H and O–H groups in total. The highest BCUT2D eigenvalue weighted by Crippen LogP contribution is 1.90. The summed E-state index contributed by atoms with van der Waals surface area (Å²) in [5.41, 5.74) is 0. The highest BCUT2D eigenvalue weighted by atomic mass is 19.3. The zero-order chi connectivity index (χ0) is 6.57. The molecule has 0 aromatic carbocycles. The molecule has 0 heterocycles. The molecule has 0 aromatic rings. The summed E-state index contributed by atoms with van der Waals surface area (Å²) in [5, 5.41) is 0. The fourth-order valence-corrected chi connectivity index (χ4v) is 0.242. The van der Waals surface area contributed by atoms with E-state index in [1.807, 2.05) is 0 Å². The van der Waals surface area contributed by atoms with Crippen LogP contribution < -0.4 is 0 Å². The van der Waals surface area contributed by atoms with Crippen LogP contribution >= 0.6 is 0 Å². The van der Waals surface area contributed by atoms with Gasteiger partial charge < -0.3 is 0 Å². The Balaban J connectivity index is 3.92. The Labute approximate surface area is 45.4 Å². The minimum Gasteiger partial charge on any atom is -0.159 e. The van der Waals surface area contributed by atoms with Crippen molar-refractivity contribution in [3.05, 3.63) is 0 Å². The van der Waals surface area contributed by atoms with Crippen molar-refractivity contribution in [1.82, 2.24) is 0 Å². The van der Waals surface area contributed by atoms with E-state index in [4.69, 9.17) is 0 Å². The zero-order valence-corrected chi connectivity index (χ0v) is 4.40. The van der Waals surface area contributed by atoms with Crippen LogP contribution in [0.25, 0.3) is 0 Å². The van der Waals surface area contributed by atoms with Crippen LogP contribution in [0, 0.1) is 0 Å². The standard InChI is InChI=1S/C4H6F2NO/c1-2-7(3-8)4(5)6/h4H,2H2,1H3/q+1. The second kappa shape index (κ2) is 3.27. The van der Waals surface area contributed by atoms with Crippen LogP contribution in [0.15, 0.2) is 0 Å². The summed E-state index contributed by atoms with van der Waals surface area (Å²) in [6.45, 7) is -1.25. The van der Waals surface area contributed by atoms with Gasteiger partial charge in [-0.15, -0.1) is 8.78 Å². The second-order valence-electron chi connectivity index (χ2n) is 1.15. The number of rotatable bonds is 2. The molecule has 0 fully saturated rings.